The summed E-state index contributed by atoms with van der Waals surface area (Å²) in [6, 6.07) is 8.06. The maximum absolute atomic E-state index is 11.6. The number of ether oxygens (including phenoxy) is 1. The number of methoxy groups -OCH3 is 1. The zero-order chi connectivity index (χ0) is 13.4. The highest BCUT2D eigenvalue weighted by atomic mass is 16.5. The molecule has 18 heavy (non-hydrogen) atoms. The van der Waals surface area contributed by atoms with Crippen LogP contribution < -0.4 is 11.1 Å². The van der Waals surface area contributed by atoms with E-state index in [1.54, 1.807) is 7.11 Å². The second kappa shape index (κ2) is 7.84. The standard InChI is InChI=1S/C14H22N2O2/c1-3-16-14(17)8-13(9-15)12-6-4-11(5-7-12)10-18-2/h4-7,13H,3,8-10,15H2,1-2H3,(H,16,17). The van der Waals surface area contributed by atoms with Gasteiger partial charge in [-0.1, -0.05) is 24.3 Å². The van der Waals surface area contributed by atoms with Gasteiger partial charge in [-0.05, 0) is 24.6 Å². The largest absolute Gasteiger partial charge is 0.380 e. The van der Waals surface area contributed by atoms with E-state index >= 15 is 0 Å². The normalized spacial score (nSPS) is 12.2. The van der Waals surface area contributed by atoms with E-state index < -0.39 is 0 Å². The van der Waals surface area contributed by atoms with Gasteiger partial charge in [0.1, 0.15) is 0 Å². The van der Waals surface area contributed by atoms with E-state index in [-0.39, 0.29) is 11.8 Å². The topological polar surface area (TPSA) is 64.4 Å². The van der Waals surface area contributed by atoms with Gasteiger partial charge in [0.15, 0.2) is 0 Å². The van der Waals surface area contributed by atoms with Crippen LogP contribution in [-0.4, -0.2) is 26.1 Å². The molecule has 0 saturated carbocycles. The van der Waals surface area contributed by atoms with Gasteiger partial charge in [-0.25, -0.2) is 0 Å². The van der Waals surface area contributed by atoms with Crippen LogP contribution in [0.4, 0.5) is 0 Å². The Labute approximate surface area is 109 Å². The van der Waals surface area contributed by atoms with Crippen LogP contribution in [-0.2, 0) is 16.1 Å². The number of carbonyl (C=O) groups is 1. The molecule has 4 nitrogen and oxygen atoms in total. The van der Waals surface area contributed by atoms with Crippen molar-refractivity contribution in [1.29, 1.82) is 0 Å². The second-order valence-electron chi connectivity index (χ2n) is 4.26. The summed E-state index contributed by atoms with van der Waals surface area (Å²) in [5, 5.41) is 2.80. The van der Waals surface area contributed by atoms with Gasteiger partial charge in [0, 0.05) is 26.0 Å². The van der Waals surface area contributed by atoms with Crippen molar-refractivity contribution < 1.29 is 9.53 Å². The number of rotatable bonds is 7. The number of amides is 1. The first-order valence-corrected chi connectivity index (χ1v) is 6.25. The lowest BCUT2D eigenvalue weighted by atomic mass is 9.94. The molecule has 3 N–H and O–H groups in total. The third-order valence-corrected chi connectivity index (χ3v) is 2.85. The van der Waals surface area contributed by atoms with Crippen molar-refractivity contribution in [2.24, 2.45) is 5.73 Å². The molecule has 0 aliphatic heterocycles. The Kier molecular flexibility index (Phi) is 6.39. The van der Waals surface area contributed by atoms with Crippen LogP contribution in [0.5, 0.6) is 0 Å². The van der Waals surface area contributed by atoms with Crippen molar-refractivity contribution in [3.63, 3.8) is 0 Å². The molecule has 0 saturated heterocycles. The highest BCUT2D eigenvalue weighted by Gasteiger charge is 2.13. The lowest BCUT2D eigenvalue weighted by Crippen LogP contribution is -2.27. The predicted octanol–water partition coefficient (Wildman–Crippen LogP) is 1.40. The van der Waals surface area contributed by atoms with Crippen molar-refractivity contribution >= 4 is 5.91 Å². The minimum absolute atomic E-state index is 0.0499. The molecule has 0 spiro atoms. The molecule has 4 heteroatoms. The molecule has 1 amide bonds. The van der Waals surface area contributed by atoms with Gasteiger partial charge < -0.3 is 15.8 Å². The SMILES string of the molecule is CCNC(=O)CC(CN)c1ccc(COC)cc1. The van der Waals surface area contributed by atoms with Crippen molar-refractivity contribution in [3.8, 4) is 0 Å². The first-order valence-electron chi connectivity index (χ1n) is 6.25. The highest BCUT2D eigenvalue weighted by molar-refractivity contribution is 5.76. The van der Waals surface area contributed by atoms with Crippen LogP contribution >= 0.6 is 0 Å². The minimum Gasteiger partial charge on any atom is -0.380 e. The van der Waals surface area contributed by atoms with Crippen molar-refractivity contribution in [3.05, 3.63) is 35.4 Å². The van der Waals surface area contributed by atoms with E-state index in [1.165, 1.54) is 0 Å². The molecule has 1 aromatic carbocycles. The summed E-state index contributed by atoms with van der Waals surface area (Å²) < 4.78 is 5.06. The van der Waals surface area contributed by atoms with Gasteiger partial charge in [0.2, 0.25) is 5.91 Å². The molecule has 0 heterocycles. The van der Waals surface area contributed by atoms with Gasteiger partial charge in [-0.2, -0.15) is 0 Å². The van der Waals surface area contributed by atoms with E-state index in [0.717, 1.165) is 11.1 Å². The Bertz CT molecular complexity index is 363. The Balaban J connectivity index is 2.66. The molecular weight excluding hydrogens is 228 g/mol. The Hall–Kier alpha value is -1.39. The van der Waals surface area contributed by atoms with Crippen LogP contribution in [0, 0.1) is 0 Å². The van der Waals surface area contributed by atoms with Crippen LogP contribution in [0.15, 0.2) is 24.3 Å². The van der Waals surface area contributed by atoms with Crippen molar-refractivity contribution in [2.75, 3.05) is 20.2 Å². The van der Waals surface area contributed by atoms with E-state index in [0.29, 0.717) is 26.1 Å². The van der Waals surface area contributed by atoms with Crippen LogP contribution in [0.25, 0.3) is 0 Å². The van der Waals surface area contributed by atoms with Crippen LogP contribution in [0.3, 0.4) is 0 Å². The molecule has 0 fully saturated rings. The summed E-state index contributed by atoms with van der Waals surface area (Å²) in [4.78, 5) is 11.6. The zero-order valence-corrected chi connectivity index (χ0v) is 11.1. The lowest BCUT2D eigenvalue weighted by Gasteiger charge is -2.15. The zero-order valence-electron chi connectivity index (χ0n) is 11.1. The van der Waals surface area contributed by atoms with Gasteiger partial charge >= 0.3 is 0 Å². The molecule has 0 aliphatic rings. The second-order valence-corrected chi connectivity index (χ2v) is 4.26. The molecule has 1 atom stereocenters. The van der Waals surface area contributed by atoms with Crippen LogP contribution in [0.1, 0.15) is 30.4 Å². The summed E-state index contributed by atoms with van der Waals surface area (Å²) in [5.41, 5.74) is 7.96. The van der Waals surface area contributed by atoms with E-state index in [2.05, 4.69) is 5.32 Å². The van der Waals surface area contributed by atoms with E-state index in [9.17, 15) is 4.79 Å². The van der Waals surface area contributed by atoms with E-state index in [1.807, 2.05) is 31.2 Å². The summed E-state index contributed by atoms with van der Waals surface area (Å²) >= 11 is 0. The first kappa shape index (κ1) is 14.7. The molecule has 0 aromatic heterocycles. The fourth-order valence-corrected chi connectivity index (χ4v) is 1.88. The summed E-state index contributed by atoms with van der Waals surface area (Å²) in [6.07, 6.45) is 0.438. The maximum Gasteiger partial charge on any atom is 0.220 e. The average Bonchev–Trinajstić information content (AvgIpc) is 2.38. The number of nitrogens with two attached hydrogens (primary N) is 1. The number of hydrogen-bond acceptors (Lipinski definition) is 3. The molecule has 0 radical (unpaired) electrons. The highest BCUT2D eigenvalue weighted by Crippen LogP contribution is 2.19. The molecule has 1 rings (SSSR count). The molecule has 0 aliphatic carbocycles. The van der Waals surface area contributed by atoms with Gasteiger partial charge in [-0.3, -0.25) is 4.79 Å². The van der Waals surface area contributed by atoms with Crippen molar-refractivity contribution in [2.45, 2.75) is 25.9 Å². The Morgan fingerprint density at radius 1 is 1.39 bits per heavy atom. The lowest BCUT2D eigenvalue weighted by molar-refractivity contribution is -0.121. The summed E-state index contributed by atoms with van der Waals surface area (Å²) in [6.45, 7) is 3.64. The van der Waals surface area contributed by atoms with E-state index in [4.69, 9.17) is 10.5 Å². The van der Waals surface area contributed by atoms with Gasteiger partial charge in [-0.15, -0.1) is 0 Å². The number of benzene rings is 1. The van der Waals surface area contributed by atoms with Gasteiger partial charge in [0.05, 0.1) is 6.61 Å². The molecule has 1 aromatic rings. The molecule has 1 unspecified atom stereocenters. The summed E-state index contributed by atoms with van der Waals surface area (Å²) in [7, 11) is 1.67. The molecule has 0 bridgehead atoms. The quantitative estimate of drug-likeness (QED) is 0.769. The fraction of sp³-hybridized carbons (Fsp3) is 0.500. The molecule has 100 valence electrons. The average molecular weight is 250 g/mol. The minimum atomic E-state index is 0.0499. The molecular formula is C14H22N2O2. The Morgan fingerprint density at radius 2 is 2.06 bits per heavy atom. The maximum atomic E-state index is 11.6. The number of carbonyl (C=O) groups excluding carboxylic acids is 1. The third-order valence-electron chi connectivity index (χ3n) is 2.85. The monoisotopic (exact) mass is 250 g/mol. The smallest absolute Gasteiger partial charge is 0.220 e. The first-order chi connectivity index (χ1) is 8.71. The third kappa shape index (κ3) is 4.47. The van der Waals surface area contributed by atoms with Gasteiger partial charge in [0.25, 0.3) is 0 Å². The number of hydrogen-bond donors (Lipinski definition) is 2. The summed E-state index contributed by atoms with van der Waals surface area (Å²) in [5.74, 6) is 0.127. The predicted molar refractivity (Wildman–Crippen MR) is 72.3 cm³/mol. The van der Waals surface area contributed by atoms with Crippen LogP contribution in [0.2, 0.25) is 0 Å². The Morgan fingerprint density at radius 3 is 2.56 bits per heavy atom. The fourth-order valence-electron chi connectivity index (χ4n) is 1.88. The number of nitrogens with one attached hydrogen (secondary N) is 1. The van der Waals surface area contributed by atoms with Crippen molar-refractivity contribution in [1.82, 2.24) is 5.32 Å².